The van der Waals surface area contributed by atoms with E-state index < -0.39 is 0 Å². The number of morpholine rings is 1. The average molecular weight is 305 g/mol. The fraction of sp³-hybridized carbons (Fsp3) is 0.545. The number of pyridine rings is 1. The van der Waals surface area contributed by atoms with E-state index in [9.17, 15) is 4.39 Å². The number of aliphatic hydroxyl groups excluding tert-OH is 1. The van der Waals surface area contributed by atoms with Crippen LogP contribution in [-0.4, -0.2) is 42.0 Å². The molecule has 2 rings (SSSR count). The lowest BCUT2D eigenvalue weighted by Gasteiger charge is -2.38. The monoisotopic (exact) mass is 304 g/mol. The van der Waals surface area contributed by atoms with Crippen molar-refractivity contribution < 1.29 is 14.2 Å². The summed E-state index contributed by atoms with van der Waals surface area (Å²) in [5.41, 5.74) is 0. The minimum atomic E-state index is -0.371. The third-order valence-corrected chi connectivity index (χ3v) is 3.20. The van der Waals surface area contributed by atoms with Gasteiger partial charge in [0.2, 0.25) is 0 Å². The molecule has 1 aliphatic heterocycles. The van der Waals surface area contributed by atoms with E-state index in [0.717, 1.165) is 0 Å². The SMILES string of the molecule is CC1COC(CO)CN1c1ncc(Br)cc1F. The highest BCUT2D eigenvalue weighted by molar-refractivity contribution is 9.10. The highest BCUT2D eigenvalue weighted by Gasteiger charge is 2.28. The first-order chi connectivity index (χ1) is 8.11. The van der Waals surface area contributed by atoms with Crippen LogP contribution in [0.25, 0.3) is 0 Å². The summed E-state index contributed by atoms with van der Waals surface area (Å²) in [5, 5.41) is 9.08. The van der Waals surface area contributed by atoms with Crippen molar-refractivity contribution in [1.82, 2.24) is 4.98 Å². The second-order valence-corrected chi connectivity index (χ2v) is 5.01. The summed E-state index contributed by atoms with van der Waals surface area (Å²) in [6.45, 7) is 2.78. The van der Waals surface area contributed by atoms with Crippen LogP contribution in [0.2, 0.25) is 0 Å². The maximum absolute atomic E-state index is 13.8. The molecule has 4 nitrogen and oxygen atoms in total. The largest absolute Gasteiger partial charge is 0.394 e. The Labute approximate surface area is 108 Å². The lowest BCUT2D eigenvalue weighted by atomic mass is 10.2. The van der Waals surface area contributed by atoms with Crippen molar-refractivity contribution in [2.75, 3.05) is 24.7 Å². The van der Waals surface area contributed by atoms with Crippen LogP contribution in [-0.2, 0) is 4.74 Å². The number of nitrogens with zero attached hydrogens (tertiary/aromatic N) is 2. The Morgan fingerprint density at radius 2 is 2.47 bits per heavy atom. The predicted molar refractivity (Wildman–Crippen MR) is 65.5 cm³/mol. The van der Waals surface area contributed by atoms with Gasteiger partial charge in [0, 0.05) is 17.2 Å². The molecule has 94 valence electrons. The van der Waals surface area contributed by atoms with E-state index in [-0.39, 0.29) is 24.6 Å². The number of rotatable bonds is 2. The molecule has 1 aromatic heterocycles. The molecule has 0 bridgehead atoms. The lowest BCUT2D eigenvalue weighted by molar-refractivity contribution is -0.0107. The van der Waals surface area contributed by atoms with Gasteiger partial charge in [-0.3, -0.25) is 0 Å². The molecule has 0 radical (unpaired) electrons. The van der Waals surface area contributed by atoms with Gasteiger partial charge in [0.25, 0.3) is 0 Å². The quantitative estimate of drug-likeness (QED) is 0.901. The molecule has 0 spiro atoms. The molecule has 2 heterocycles. The Bertz CT molecular complexity index is 405. The summed E-state index contributed by atoms with van der Waals surface area (Å²) < 4.78 is 19.8. The van der Waals surface area contributed by atoms with Crippen LogP contribution >= 0.6 is 15.9 Å². The van der Waals surface area contributed by atoms with Gasteiger partial charge in [0.05, 0.1) is 25.4 Å². The van der Waals surface area contributed by atoms with Gasteiger partial charge < -0.3 is 14.7 Å². The molecule has 1 saturated heterocycles. The molecule has 6 heteroatoms. The van der Waals surface area contributed by atoms with Gasteiger partial charge >= 0.3 is 0 Å². The van der Waals surface area contributed by atoms with Crippen LogP contribution < -0.4 is 4.90 Å². The van der Waals surface area contributed by atoms with Gasteiger partial charge in [-0.05, 0) is 28.9 Å². The van der Waals surface area contributed by atoms with Crippen molar-refractivity contribution >= 4 is 21.7 Å². The third kappa shape index (κ3) is 2.75. The number of aliphatic hydroxyl groups is 1. The van der Waals surface area contributed by atoms with Gasteiger partial charge in [-0.25, -0.2) is 9.37 Å². The zero-order chi connectivity index (χ0) is 12.4. The van der Waals surface area contributed by atoms with E-state index in [0.29, 0.717) is 23.4 Å². The summed E-state index contributed by atoms with van der Waals surface area (Å²) in [4.78, 5) is 5.91. The zero-order valence-corrected chi connectivity index (χ0v) is 11.0. The first-order valence-corrected chi connectivity index (χ1v) is 6.21. The van der Waals surface area contributed by atoms with E-state index in [4.69, 9.17) is 9.84 Å². The van der Waals surface area contributed by atoms with Gasteiger partial charge in [-0.15, -0.1) is 0 Å². The topological polar surface area (TPSA) is 45.6 Å². The van der Waals surface area contributed by atoms with Crippen LogP contribution in [0.15, 0.2) is 16.7 Å². The Balaban J connectivity index is 2.24. The maximum Gasteiger partial charge on any atom is 0.166 e. The minimum absolute atomic E-state index is 0.0426. The van der Waals surface area contributed by atoms with Crippen molar-refractivity contribution in [3.8, 4) is 0 Å². The van der Waals surface area contributed by atoms with Gasteiger partial charge in [-0.1, -0.05) is 0 Å². The Morgan fingerprint density at radius 3 is 3.12 bits per heavy atom. The van der Waals surface area contributed by atoms with Crippen molar-refractivity contribution in [3.63, 3.8) is 0 Å². The number of hydrogen-bond donors (Lipinski definition) is 1. The number of anilines is 1. The van der Waals surface area contributed by atoms with Crippen LogP contribution in [0.5, 0.6) is 0 Å². The highest BCUT2D eigenvalue weighted by Crippen LogP contribution is 2.24. The van der Waals surface area contributed by atoms with Crippen LogP contribution in [0, 0.1) is 5.82 Å². The van der Waals surface area contributed by atoms with Gasteiger partial charge in [0.1, 0.15) is 0 Å². The minimum Gasteiger partial charge on any atom is -0.394 e. The fourth-order valence-electron chi connectivity index (χ4n) is 1.84. The van der Waals surface area contributed by atoms with Crippen LogP contribution in [0.4, 0.5) is 10.2 Å². The molecule has 17 heavy (non-hydrogen) atoms. The average Bonchev–Trinajstić information content (AvgIpc) is 2.30. The molecule has 0 amide bonds. The summed E-state index contributed by atoms with van der Waals surface area (Å²) in [7, 11) is 0. The molecule has 0 aromatic carbocycles. The van der Waals surface area contributed by atoms with E-state index >= 15 is 0 Å². The molecule has 1 N–H and O–H groups in total. The number of halogens is 2. The number of aromatic nitrogens is 1. The van der Waals surface area contributed by atoms with E-state index in [1.54, 1.807) is 6.20 Å². The molecule has 2 atom stereocenters. The predicted octanol–water partition coefficient (Wildman–Crippen LogP) is 1.57. The van der Waals surface area contributed by atoms with Crippen molar-refractivity contribution in [2.24, 2.45) is 0 Å². The van der Waals surface area contributed by atoms with Gasteiger partial charge in [0.15, 0.2) is 11.6 Å². The lowest BCUT2D eigenvalue weighted by Crippen LogP contribution is -2.50. The highest BCUT2D eigenvalue weighted by atomic mass is 79.9. The standard InChI is InChI=1S/C11H14BrFN2O2/c1-7-6-17-9(5-16)4-15(7)11-10(13)2-8(12)3-14-11/h2-3,7,9,16H,4-6H2,1H3. The second-order valence-electron chi connectivity index (χ2n) is 4.10. The Kier molecular flexibility index (Phi) is 3.96. The van der Waals surface area contributed by atoms with Crippen LogP contribution in [0.1, 0.15) is 6.92 Å². The zero-order valence-electron chi connectivity index (χ0n) is 9.44. The van der Waals surface area contributed by atoms with Crippen molar-refractivity contribution in [3.05, 3.63) is 22.6 Å². The second kappa shape index (κ2) is 5.29. The summed E-state index contributed by atoms with van der Waals surface area (Å²) >= 11 is 3.18. The molecule has 0 saturated carbocycles. The molecular formula is C11H14BrFN2O2. The maximum atomic E-state index is 13.8. The Morgan fingerprint density at radius 1 is 1.71 bits per heavy atom. The first kappa shape index (κ1) is 12.7. The molecule has 0 aliphatic carbocycles. The summed E-state index contributed by atoms with van der Waals surface area (Å²) in [6.07, 6.45) is 1.28. The smallest absolute Gasteiger partial charge is 0.166 e. The molecular weight excluding hydrogens is 291 g/mol. The van der Waals surface area contributed by atoms with E-state index in [1.807, 2.05) is 11.8 Å². The van der Waals surface area contributed by atoms with E-state index in [1.165, 1.54) is 6.07 Å². The van der Waals surface area contributed by atoms with Crippen molar-refractivity contribution in [2.45, 2.75) is 19.1 Å². The molecule has 2 unspecified atom stereocenters. The Hall–Kier alpha value is -0.720. The van der Waals surface area contributed by atoms with Gasteiger partial charge in [-0.2, -0.15) is 0 Å². The normalized spacial score (nSPS) is 25.1. The van der Waals surface area contributed by atoms with Crippen LogP contribution in [0.3, 0.4) is 0 Å². The molecule has 1 aliphatic rings. The summed E-state index contributed by atoms with van der Waals surface area (Å²) in [6, 6.07) is 1.43. The number of hydrogen-bond acceptors (Lipinski definition) is 4. The summed E-state index contributed by atoms with van der Waals surface area (Å²) in [5.74, 6) is -0.0627. The van der Waals surface area contributed by atoms with E-state index in [2.05, 4.69) is 20.9 Å². The third-order valence-electron chi connectivity index (χ3n) is 2.77. The first-order valence-electron chi connectivity index (χ1n) is 5.42. The molecule has 1 fully saturated rings. The van der Waals surface area contributed by atoms with Crippen molar-refractivity contribution in [1.29, 1.82) is 0 Å². The number of ether oxygens (including phenoxy) is 1. The fourth-order valence-corrected chi connectivity index (χ4v) is 2.15. The molecule has 1 aromatic rings.